The van der Waals surface area contributed by atoms with Gasteiger partial charge in [-0.2, -0.15) is 0 Å². The summed E-state index contributed by atoms with van der Waals surface area (Å²) in [6, 6.07) is 0. The third-order valence-corrected chi connectivity index (χ3v) is 4.81. The summed E-state index contributed by atoms with van der Waals surface area (Å²) >= 11 is 0. The Balaban J connectivity index is 2.43. The molecule has 0 unspecified atom stereocenters. The first kappa shape index (κ1) is 19.4. The first-order valence-electron chi connectivity index (χ1n) is 8.38. The summed E-state index contributed by atoms with van der Waals surface area (Å²) in [5, 5.41) is 21.0. The van der Waals surface area contributed by atoms with Crippen LogP contribution in [-0.4, -0.2) is 46.1 Å². The first-order chi connectivity index (χ1) is 11.5. The van der Waals surface area contributed by atoms with Gasteiger partial charge in [0.2, 0.25) is 0 Å². The van der Waals surface area contributed by atoms with Crippen molar-refractivity contribution in [1.82, 2.24) is 0 Å². The fourth-order valence-electron chi connectivity index (χ4n) is 3.26. The summed E-state index contributed by atoms with van der Waals surface area (Å²) in [5.41, 5.74) is -1.13. The average molecular weight is 350 g/mol. The summed E-state index contributed by atoms with van der Waals surface area (Å²) in [6.07, 6.45) is 1.23. The van der Waals surface area contributed by atoms with E-state index in [9.17, 15) is 19.8 Å². The molecule has 1 aliphatic heterocycles. The van der Waals surface area contributed by atoms with Gasteiger partial charge in [0.25, 0.3) is 0 Å². The minimum atomic E-state index is -1.55. The topological polar surface area (TPSA) is 93.1 Å². The van der Waals surface area contributed by atoms with Crippen LogP contribution in [0.15, 0.2) is 36.5 Å². The third kappa shape index (κ3) is 4.19. The predicted molar refractivity (Wildman–Crippen MR) is 91.4 cm³/mol. The summed E-state index contributed by atoms with van der Waals surface area (Å²) < 4.78 is 10.9. The van der Waals surface area contributed by atoms with Gasteiger partial charge in [0.05, 0.1) is 11.5 Å². The molecule has 0 saturated carbocycles. The lowest BCUT2D eigenvalue weighted by Crippen LogP contribution is -2.46. The number of hydrogen-bond donors (Lipinski definition) is 2. The Kier molecular flexibility index (Phi) is 5.54. The monoisotopic (exact) mass is 350 g/mol. The molecule has 0 bridgehead atoms. The van der Waals surface area contributed by atoms with E-state index in [-0.39, 0.29) is 23.5 Å². The lowest BCUT2D eigenvalue weighted by atomic mass is 9.79. The molecule has 0 aromatic heterocycles. The number of esters is 2. The van der Waals surface area contributed by atoms with Gasteiger partial charge in [0.1, 0.15) is 18.3 Å². The highest BCUT2D eigenvalue weighted by atomic mass is 16.6. The van der Waals surface area contributed by atoms with E-state index in [4.69, 9.17) is 9.47 Å². The molecule has 2 rings (SSSR count). The van der Waals surface area contributed by atoms with Gasteiger partial charge in [-0.05, 0) is 26.2 Å². The molecule has 2 N–H and O–H groups in total. The molecular formula is C19H26O6. The maximum Gasteiger partial charge on any atom is 0.334 e. The summed E-state index contributed by atoms with van der Waals surface area (Å²) in [5.74, 6) is -1.74. The Morgan fingerprint density at radius 1 is 1.44 bits per heavy atom. The average Bonchev–Trinajstić information content (AvgIpc) is 2.77. The fraction of sp³-hybridized carbons (Fsp3) is 0.579. The molecule has 6 nitrogen and oxygen atoms in total. The number of carbonyl (C=O) groups is 2. The maximum atomic E-state index is 12.1. The van der Waals surface area contributed by atoms with E-state index in [1.807, 2.05) is 6.92 Å². The van der Waals surface area contributed by atoms with Crippen molar-refractivity contribution < 1.29 is 29.3 Å². The normalized spacial score (nSPS) is 40.0. The molecule has 0 aromatic rings. The maximum absolute atomic E-state index is 12.1. The molecule has 1 heterocycles. The lowest BCUT2D eigenvalue weighted by molar-refractivity contribution is -0.155. The van der Waals surface area contributed by atoms with Crippen LogP contribution < -0.4 is 0 Å². The second kappa shape index (κ2) is 7.14. The van der Waals surface area contributed by atoms with E-state index in [0.29, 0.717) is 6.42 Å². The molecule has 0 spiro atoms. The van der Waals surface area contributed by atoms with Gasteiger partial charge in [-0.3, -0.25) is 0 Å². The van der Waals surface area contributed by atoms with Crippen LogP contribution in [0.25, 0.3) is 0 Å². The number of aliphatic hydroxyl groups excluding tert-OH is 1. The highest BCUT2D eigenvalue weighted by Crippen LogP contribution is 2.39. The van der Waals surface area contributed by atoms with Crippen LogP contribution in [0, 0.1) is 11.8 Å². The second-order valence-corrected chi connectivity index (χ2v) is 7.32. The highest BCUT2D eigenvalue weighted by molar-refractivity contribution is 5.91. The standard InChI is InChI=1S/C19H26O6/c1-10(2)17(21)25-14-9-19(5,23)15(20)7-6-11(3)8-13-16(14)12(4)18(22)24-13/h6-7,11,13-16,20,23H,1,4,8-9H2,2-3,5H3/b7-6-/t11-,13-,14+,15+,16+,19-/m1/s1. The van der Waals surface area contributed by atoms with Crippen LogP contribution in [0.4, 0.5) is 0 Å². The Labute approximate surface area is 147 Å². The van der Waals surface area contributed by atoms with Gasteiger partial charge in [-0.25, -0.2) is 9.59 Å². The molecule has 138 valence electrons. The summed E-state index contributed by atoms with van der Waals surface area (Å²) in [6.45, 7) is 12.2. The molecule has 0 radical (unpaired) electrons. The van der Waals surface area contributed by atoms with E-state index < -0.39 is 41.8 Å². The number of carbonyl (C=O) groups excluding carboxylic acids is 2. The van der Waals surface area contributed by atoms with Crippen molar-refractivity contribution in [3.8, 4) is 0 Å². The molecule has 1 aliphatic carbocycles. The molecule has 6 atom stereocenters. The fourth-order valence-corrected chi connectivity index (χ4v) is 3.26. The Morgan fingerprint density at radius 3 is 2.68 bits per heavy atom. The zero-order valence-electron chi connectivity index (χ0n) is 14.9. The van der Waals surface area contributed by atoms with E-state index in [1.165, 1.54) is 19.9 Å². The molecular weight excluding hydrogens is 324 g/mol. The van der Waals surface area contributed by atoms with Crippen molar-refractivity contribution in [2.75, 3.05) is 0 Å². The van der Waals surface area contributed by atoms with Crippen LogP contribution in [0.5, 0.6) is 0 Å². The van der Waals surface area contributed by atoms with Crippen molar-refractivity contribution in [3.63, 3.8) is 0 Å². The zero-order valence-corrected chi connectivity index (χ0v) is 14.9. The van der Waals surface area contributed by atoms with Crippen molar-refractivity contribution >= 4 is 11.9 Å². The van der Waals surface area contributed by atoms with Gasteiger partial charge in [0.15, 0.2) is 0 Å². The number of ether oxygens (including phenoxy) is 2. The molecule has 1 fully saturated rings. The highest BCUT2D eigenvalue weighted by Gasteiger charge is 2.48. The number of aliphatic hydroxyl groups is 2. The van der Waals surface area contributed by atoms with Gasteiger partial charge >= 0.3 is 11.9 Å². The molecule has 6 heteroatoms. The minimum absolute atomic E-state index is 0.00718. The quantitative estimate of drug-likeness (QED) is 0.447. The minimum Gasteiger partial charge on any atom is -0.458 e. The summed E-state index contributed by atoms with van der Waals surface area (Å²) in [7, 11) is 0. The van der Waals surface area contributed by atoms with E-state index in [1.54, 1.807) is 6.08 Å². The number of hydrogen-bond acceptors (Lipinski definition) is 6. The van der Waals surface area contributed by atoms with Gasteiger partial charge < -0.3 is 19.7 Å². The molecule has 0 aromatic carbocycles. The smallest absolute Gasteiger partial charge is 0.334 e. The van der Waals surface area contributed by atoms with Crippen LogP contribution in [-0.2, 0) is 19.1 Å². The van der Waals surface area contributed by atoms with Gasteiger partial charge in [-0.1, -0.05) is 32.2 Å². The molecule has 25 heavy (non-hydrogen) atoms. The molecule has 2 aliphatic rings. The van der Waals surface area contributed by atoms with E-state index >= 15 is 0 Å². The summed E-state index contributed by atoms with van der Waals surface area (Å²) in [4.78, 5) is 24.1. The van der Waals surface area contributed by atoms with Crippen molar-refractivity contribution in [3.05, 3.63) is 36.5 Å². The zero-order chi connectivity index (χ0) is 18.9. The van der Waals surface area contributed by atoms with Gasteiger partial charge in [-0.15, -0.1) is 0 Å². The van der Waals surface area contributed by atoms with Crippen molar-refractivity contribution in [1.29, 1.82) is 0 Å². The van der Waals surface area contributed by atoms with Crippen LogP contribution in [0.2, 0.25) is 0 Å². The number of fused-ring (bicyclic) bond motifs is 1. The van der Waals surface area contributed by atoms with Crippen molar-refractivity contribution in [2.24, 2.45) is 11.8 Å². The molecule has 1 saturated heterocycles. The van der Waals surface area contributed by atoms with Crippen LogP contribution >= 0.6 is 0 Å². The van der Waals surface area contributed by atoms with E-state index in [0.717, 1.165) is 0 Å². The van der Waals surface area contributed by atoms with Gasteiger partial charge in [0, 0.05) is 17.6 Å². The first-order valence-corrected chi connectivity index (χ1v) is 8.38. The second-order valence-electron chi connectivity index (χ2n) is 7.32. The Bertz CT molecular complexity index is 617. The third-order valence-electron chi connectivity index (χ3n) is 4.81. The Morgan fingerprint density at radius 2 is 2.08 bits per heavy atom. The van der Waals surface area contributed by atoms with Crippen LogP contribution in [0.1, 0.15) is 33.6 Å². The lowest BCUT2D eigenvalue weighted by Gasteiger charge is -2.36. The number of rotatable bonds is 2. The number of allylic oxidation sites excluding steroid dienone is 1. The SMILES string of the molecule is C=C(C)C(=O)O[C@H]1C[C@@](C)(O)[C@@H](O)/C=C\[C@@H](C)C[C@H]2OC(=O)C(=C)[C@H]12. The van der Waals surface area contributed by atoms with Crippen molar-refractivity contribution in [2.45, 2.75) is 57.5 Å². The Hall–Kier alpha value is -1.92. The predicted octanol–water partition coefficient (Wildman–Crippen LogP) is 1.67. The largest absolute Gasteiger partial charge is 0.458 e. The van der Waals surface area contributed by atoms with Crippen LogP contribution in [0.3, 0.4) is 0 Å². The van der Waals surface area contributed by atoms with E-state index in [2.05, 4.69) is 13.2 Å². The molecule has 0 amide bonds.